The first-order valence-electron chi connectivity index (χ1n) is 14.9. The van der Waals surface area contributed by atoms with Gasteiger partial charge in [-0.15, -0.1) is 0 Å². The highest BCUT2D eigenvalue weighted by Crippen LogP contribution is 2.64. The molecular weight excluding hydrogens is 615 g/mol. The number of amides is 4. The second-order valence-corrected chi connectivity index (χ2v) is 12.8. The molecule has 2 heterocycles. The monoisotopic (exact) mass is 644 g/mol. The molecule has 2 saturated heterocycles. The van der Waals surface area contributed by atoms with Crippen molar-refractivity contribution in [3.63, 3.8) is 0 Å². The van der Waals surface area contributed by atoms with Crippen molar-refractivity contribution in [2.24, 2.45) is 29.1 Å². The zero-order valence-corrected chi connectivity index (χ0v) is 26.0. The zero-order chi connectivity index (χ0) is 32.7. The van der Waals surface area contributed by atoms with Crippen molar-refractivity contribution in [2.45, 2.75) is 25.7 Å². The maximum atomic E-state index is 14.6. The second kappa shape index (κ2) is 10.7. The molecule has 9 nitrogen and oxygen atoms in total. The number of carbonyl (C=O) groups excluding carboxylic acids is 4. The molecule has 46 heavy (non-hydrogen) atoms. The van der Waals surface area contributed by atoms with Crippen molar-refractivity contribution in [1.82, 2.24) is 0 Å². The van der Waals surface area contributed by atoms with Crippen molar-refractivity contribution in [1.29, 1.82) is 0 Å². The van der Waals surface area contributed by atoms with Gasteiger partial charge in [-0.3, -0.25) is 24.1 Å². The number of imide groups is 2. The number of benzene rings is 3. The van der Waals surface area contributed by atoms with Crippen LogP contribution in [0.5, 0.6) is 17.2 Å². The summed E-state index contributed by atoms with van der Waals surface area (Å²) in [5.74, 6) is -5.99. The topological polar surface area (TPSA) is 113 Å². The number of halogens is 2. The maximum absolute atomic E-state index is 14.6. The molecule has 4 amide bonds. The van der Waals surface area contributed by atoms with Gasteiger partial charge < -0.3 is 14.6 Å². The lowest BCUT2D eigenvalue weighted by molar-refractivity contribution is -0.131. The normalized spacial score (nSPS) is 28.5. The first kappa shape index (κ1) is 30.0. The summed E-state index contributed by atoms with van der Waals surface area (Å²) in [6, 6.07) is 15.6. The summed E-state index contributed by atoms with van der Waals surface area (Å²) in [7, 11) is 2.78. The smallest absolute Gasteiger partial charge is 0.241 e. The SMILES string of the molecule is COc1cc(C2C3=CCC4C(=O)N(c5ccccc5)C(=O)C4C3CC3C(=O)N(c4ccc(F)c(Cl)c4)C(=O)C32C)cc(OC)c1O. The van der Waals surface area contributed by atoms with Crippen LogP contribution in [0.1, 0.15) is 31.2 Å². The van der Waals surface area contributed by atoms with Crippen LogP contribution >= 0.6 is 11.6 Å². The van der Waals surface area contributed by atoms with E-state index in [9.17, 15) is 28.7 Å². The average molecular weight is 645 g/mol. The largest absolute Gasteiger partial charge is 0.502 e. The summed E-state index contributed by atoms with van der Waals surface area (Å²) >= 11 is 6.08. The van der Waals surface area contributed by atoms with Crippen molar-refractivity contribution in [3.05, 3.63) is 88.7 Å². The molecule has 3 aromatic rings. The Bertz CT molecular complexity index is 1840. The van der Waals surface area contributed by atoms with E-state index in [4.69, 9.17) is 21.1 Å². The van der Waals surface area contributed by atoms with Crippen molar-refractivity contribution in [3.8, 4) is 17.2 Å². The van der Waals surface area contributed by atoms with Gasteiger partial charge in [-0.05, 0) is 73.7 Å². The van der Waals surface area contributed by atoms with Crippen LogP contribution in [-0.2, 0) is 19.2 Å². The van der Waals surface area contributed by atoms with E-state index in [2.05, 4.69) is 0 Å². The van der Waals surface area contributed by atoms with Crippen molar-refractivity contribution >= 4 is 46.6 Å². The molecule has 0 aromatic heterocycles. The van der Waals surface area contributed by atoms with Crippen LogP contribution in [0.15, 0.2) is 72.3 Å². The van der Waals surface area contributed by atoms with E-state index in [1.807, 2.05) is 6.08 Å². The number of para-hydroxylation sites is 1. The van der Waals surface area contributed by atoms with E-state index in [0.29, 0.717) is 11.3 Å². The van der Waals surface area contributed by atoms with Gasteiger partial charge in [0.15, 0.2) is 11.5 Å². The number of phenols is 1. The molecule has 0 radical (unpaired) electrons. The van der Waals surface area contributed by atoms with Crippen LogP contribution in [0.3, 0.4) is 0 Å². The predicted molar refractivity (Wildman–Crippen MR) is 166 cm³/mol. The van der Waals surface area contributed by atoms with E-state index in [-0.39, 0.29) is 52.6 Å². The van der Waals surface area contributed by atoms with E-state index in [1.165, 1.54) is 31.3 Å². The molecule has 6 atom stereocenters. The van der Waals surface area contributed by atoms with Crippen LogP contribution in [0.4, 0.5) is 15.8 Å². The van der Waals surface area contributed by atoms with Gasteiger partial charge in [-0.2, -0.15) is 0 Å². The lowest BCUT2D eigenvalue weighted by Gasteiger charge is -2.49. The molecule has 2 aliphatic carbocycles. The summed E-state index contributed by atoms with van der Waals surface area (Å²) in [6.07, 6.45) is 2.34. The Morgan fingerprint density at radius 1 is 0.870 bits per heavy atom. The number of allylic oxidation sites excluding steroid dienone is 2. The van der Waals surface area contributed by atoms with Crippen molar-refractivity contribution in [2.75, 3.05) is 24.0 Å². The fourth-order valence-corrected chi connectivity index (χ4v) is 8.35. The minimum absolute atomic E-state index is 0.104. The van der Waals surface area contributed by atoms with E-state index in [0.717, 1.165) is 16.5 Å². The highest BCUT2D eigenvalue weighted by Gasteiger charge is 2.67. The number of anilines is 2. The molecule has 3 fully saturated rings. The van der Waals surface area contributed by atoms with Gasteiger partial charge in [-0.25, -0.2) is 9.29 Å². The summed E-state index contributed by atoms with van der Waals surface area (Å²) in [5, 5.41) is 10.5. The Labute approximate surface area is 269 Å². The number of nitrogens with zero attached hydrogens (tertiary/aromatic N) is 2. The van der Waals surface area contributed by atoms with Gasteiger partial charge in [-0.1, -0.05) is 41.4 Å². The van der Waals surface area contributed by atoms with Gasteiger partial charge in [0, 0.05) is 5.92 Å². The molecule has 1 N–H and O–H groups in total. The Hall–Kier alpha value is -4.70. The van der Waals surface area contributed by atoms with Crippen LogP contribution in [-0.4, -0.2) is 43.0 Å². The fourth-order valence-electron chi connectivity index (χ4n) is 8.18. The standard InChI is InChI=1S/C35H30ClFN2O7/c1-35-23(32(42)39(34(35)44)19-9-12-25(37)24(36)15-19)16-22-20(29(35)17-13-26(45-2)30(40)27(14-17)46-3)10-11-21-28(22)33(43)38(31(21)41)18-7-5-4-6-8-18/h4-10,12-15,21-23,28-29,40H,11,16H2,1-3H3. The molecule has 7 rings (SSSR count). The number of methoxy groups -OCH3 is 2. The molecule has 3 aromatic carbocycles. The number of rotatable bonds is 5. The average Bonchev–Trinajstić information content (AvgIpc) is 3.42. The maximum Gasteiger partial charge on any atom is 0.241 e. The number of hydrogen-bond donors (Lipinski definition) is 1. The quantitative estimate of drug-likeness (QED) is 0.283. The molecule has 2 aliphatic heterocycles. The number of carbonyl (C=O) groups is 4. The minimum Gasteiger partial charge on any atom is -0.502 e. The number of ether oxygens (including phenoxy) is 2. The third kappa shape index (κ3) is 4.05. The van der Waals surface area contributed by atoms with Gasteiger partial charge in [0.05, 0.1) is 53.8 Å². The second-order valence-electron chi connectivity index (χ2n) is 12.4. The zero-order valence-electron chi connectivity index (χ0n) is 25.2. The van der Waals surface area contributed by atoms with Crippen LogP contribution in [0.25, 0.3) is 0 Å². The molecule has 11 heteroatoms. The third-order valence-corrected chi connectivity index (χ3v) is 10.6. The minimum atomic E-state index is -1.37. The highest BCUT2D eigenvalue weighted by molar-refractivity contribution is 6.32. The van der Waals surface area contributed by atoms with E-state index < -0.39 is 52.6 Å². The summed E-state index contributed by atoms with van der Waals surface area (Å²) in [5.41, 5.74) is 0.528. The first-order valence-corrected chi connectivity index (χ1v) is 15.3. The molecular formula is C35H30ClFN2O7. The first-order chi connectivity index (χ1) is 22.0. The van der Waals surface area contributed by atoms with Crippen LogP contribution in [0, 0.1) is 34.9 Å². The Morgan fingerprint density at radius 2 is 1.54 bits per heavy atom. The predicted octanol–water partition coefficient (Wildman–Crippen LogP) is 5.64. The number of phenolic OH excluding ortho intramolecular Hbond substituents is 1. The molecule has 0 bridgehead atoms. The molecule has 1 saturated carbocycles. The van der Waals surface area contributed by atoms with Gasteiger partial charge in [0.25, 0.3) is 0 Å². The molecule has 236 valence electrons. The van der Waals surface area contributed by atoms with Crippen LogP contribution < -0.4 is 19.3 Å². The van der Waals surface area contributed by atoms with Crippen LogP contribution in [0.2, 0.25) is 5.02 Å². The Balaban J connectivity index is 1.41. The highest BCUT2D eigenvalue weighted by atomic mass is 35.5. The van der Waals surface area contributed by atoms with Gasteiger partial charge >= 0.3 is 0 Å². The lowest BCUT2D eigenvalue weighted by atomic mass is 9.51. The van der Waals surface area contributed by atoms with Crippen molar-refractivity contribution < 1.29 is 38.1 Å². The summed E-state index contributed by atoms with van der Waals surface area (Å²) in [6.45, 7) is 1.72. The van der Waals surface area contributed by atoms with E-state index in [1.54, 1.807) is 49.4 Å². The summed E-state index contributed by atoms with van der Waals surface area (Å²) < 4.78 is 25.0. The fraction of sp³-hybridized carbons (Fsp3) is 0.314. The third-order valence-electron chi connectivity index (χ3n) is 10.3. The number of aromatic hydroxyl groups is 1. The Morgan fingerprint density at radius 3 is 2.17 bits per heavy atom. The molecule has 6 unspecified atom stereocenters. The molecule has 4 aliphatic rings. The summed E-state index contributed by atoms with van der Waals surface area (Å²) in [4.78, 5) is 59.1. The number of fused-ring (bicyclic) bond motifs is 4. The van der Waals surface area contributed by atoms with Gasteiger partial charge in [0.2, 0.25) is 29.4 Å². The van der Waals surface area contributed by atoms with E-state index >= 15 is 0 Å². The molecule has 0 spiro atoms. The number of hydrogen-bond acceptors (Lipinski definition) is 7. The lowest BCUT2D eigenvalue weighted by Crippen LogP contribution is -2.48. The Kier molecular flexibility index (Phi) is 6.97. The van der Waals surface area contributed by atoms with Gasteiger partial charge in [0.1, 0.15) is 5.82 Å².